The highest BCUT2D eigenvalue weighted by Gasteiger charge is 2.53. The molecule has 8 heteroatoms. The number of fused-ring (bicyclic) bond motifs is 1. The topological polar surface area (TPSA) is 90.9 Å². The van der Waals surface area contributed by atoms with Gasteiger partial charge < -0.3 is 9.88 Å². The van der Waals surface area contributed by atoms with Crippen molar-refractivity contribution in [1.29, 1.82) is 0 Å². The molecule has 4 fully saturated rings. The van der Waals surface area contributed by atoms with Crippen LogP contribution < -0.4 is 16.6 Å². The van der Waals surface area contributed by atoms with Crippen LogP contribution in [0.1, 0.15) is 79.1 Å². The number of carbonyl (C=O) groups excluding carboxylic acids is 1. The largest absolute Gasteiger partial charge is 0.352 e. The van der Waals surface area contributed by atoms with Crippen LogP contribution in [-0.4, -0.2) is 30.6 Å². The third kappa shape index (κ3) is 4.38. The van der Waals surface area contributed by atoms with Crippen molar-refractivity contribution in [3.63, 3.8) is 0 Å². The Morgan fingerprint density at radius 3 is 2.29 bits per heavy atom. The van der Waals surface area contributed by atoms with E-state index in [0.717, 1.165) is 35.2 Å². The number of nitrogens with zero attached hydrogens (tertiary/aromatic N) is 4. The van der Waals surface area contributed by atoms with Gasteiger partial charge in [0.1, 0.15) is 6.54 Å². The molecule has 0 unspecified atom stereocenters. The number of amides is 1. The van der Waals surface area contributed by atoms with Gasteiger partial charge in [-0.1, -0.05) is 27.2 Å². The molecule has 0 radical (unpaired) electrons. The highest BCUT2D eigenvalue weighted by Crippen LogP contribution is 2.61. The van der Waals surface area contributed by atoms with E-state index in [4.69, 9.17) is 0 Å². The lowest BCUT2D eigenvalue weighted by atomic mass is 9.48. The second-order valence-corrected chi connectivity index (χ2v) is 12.2. The van der Waals surface area contributed by atoms with Crippen LogP contribution in [0.5, 0.6) is 0 Å². The van der Waals surface area contributed by atoms with Gasteiger partial charge in [0, 0.05) is 19.1 Å². The second-order valence-electron chi connectivity index (χ2n) is 12.2. The van der Waals surface area contributed by atoms with Crippen molar-refractivity contribution < 1.29 is 4.79 Å². The summed E-state index contributed by atoms with van der Waals surface area (Å²) in [6.07, 6.45) is 11.2. The van der Waals surface area contributed by atoms with Crippen LogP contribution in [0.15, 0.2) is 15.9 Å². The lowest BCUT2D eigenvalue weighted by Crippen LogP contribution is -2.56. The molecule has 0 aromatic carbocycles. The van der Waals surface area contributed by atoms with Crippen LogP contribution in [0.25, 0.3) is 11.2 Å². The van der Waals surface area contributed by atoms with Gasteiger partial charge in [0.25, 0.3) is 5.56 Å². The second kappa shape index (κ2) is 9.25. The predicted molar refractivity (Wildman–Crippen MR) is 136 cm³/mol. The fourth-order valence-electron chi connectivity index (χ4n) is 7.70. The van der Waals surface area contributed by atoms with Crippen LogP contribution in [0.2, 0.25) is 0 Å². The number of imidazole rings is 1. The Kier molecular flexibility index (Phi) is 6.43. The molecular weight excluding hydrogens is 442 g/mol. The van der Waals surface area contributed by atoms with E-state index in [9.17, 15) is 14.4 Å². The van der Waals surface area contributed by atoms with Gasteiger partial charge in [-0.3, -0.25) is 14.2 Å². The lowest BCUT2D eigenvalue weighted by Gasteiger charge is -2.59. The molecule has 4 saturated carbocycles. The third-order valence-corrected chi connectivity index (χ3v) is 8.97. The normalized spacial score (nSPS) is 28.2. The number of rotatable bonds is 9. The fraction of sp³-hybridized carbons (Fsp3) is 0.778. The summed E-state index contributed by atoms with van der Waals surface area (Å²) < 4.78 is 4.53. The molecule has 4 bridgehead atoms. The number of hydrogen-bond acceptors (Lipinski definition) is 4. The van der Waals surface area contributed by atoms with Crippen molar-refractivity contribution in [1.82, 2.24) is 24.0 Å². The quantitative estimate of drug-likeness (QED) is 0.591. The molecule has 2 aromatic rings. The average molecular weight is 484 g/mol. The molecule has 0 spiro atoms. The zero-order valence-corrected chi connectivity index (χ0v) is 21.8. The summed E-state index contributed by atoms with van der Waals surface area (Å²) in [5.41, 5.74) is 0.144. The van der Waals surface area contributed by atoms with Crippen molar-refractivity contribution in [2.45, 2.75) is 105 Å². The number of carbonyl (C=O) groups is 1. The van der Waals surface area contributed by atoms with E-state index >= 15 is 0 Å². The summed E-state index contributed by atoms with van der Waals surface area (Å²) >= 11 is 0. The highest BCUT2D eigenvalue weighted by atomic mass is 16.2. The van der Waals surface area contributed by atoms with E-state index in [1.165, 1.54) is 38.5 Å². The van der Waals surface area contributed by atoms with E-state index in [1.807, 2.05) is 18.4 Å². The summed E-state index contributed by atoms with van der Waals surface area (Å²) in [4.78, 5) is 44.6. The minimum absolute atomic E-state index is 0.0517. The average Bonchev–Trinajstić information content (AvgIpc) is 3.21. The Bertz CT molecular complexity index is 1180. The van der Waals surface area contributed by atoms with E-state index in [0.29, 0.717) is 24.3 Å². The first kappa shape index (κ1) is 24.3. The molecule has 1 atom stereocenters. The molecule has 8 nitrogen and oxygen atoms in total. The van der Waals surface area contributed by atoms with Crippen LogP contribution in [0.3, 0.4) is 0 Å². The number of aryl methyl sites for hydroxylation is 1. The minimum atomic E-state index is -0.449. The molecular formula is C27H41N5O3. The van der Waals surface area contributed by atoms with Crippen LogP contribution in [-0.2, 0) is 24.4 Å². The Morgan fingerprint density at radius 1 is 1.09 bits per heavy atom. The SMILES string of the molecule is CCCCn1cnc2c1c(=O)n(CC(=O)N[C@H](C)C13CC4CC(CC(C4)C1)C3)c(=O)n2CC(C)C. The monoisotopic (exact) mass is 483 g/mol. The minimum Gasteiger partial charge on any atom is -0.352 e. The summed E-state index contributed by atoms with van der Waals surface area (Å²) in [7, 11) is 0. The van der Waals surface area contributed by atoms with E-state index in [1.54, 1.807) is 10.9 Å². The summed E-state index contributed by atoms with van der Waals surface area (Å²) in [6, 6.07) is 0.0517. The predicted octanol–water partition coefficient (Wildman–Crippen LogP) is 3.54. The Balaban J connectivity index is 1.42. The number of hydrogen-bond donors (Lipinski definition) is 1. The van der Waals surface area contributed by atoms with Crippen LogP contribution >= 0.6 is 0 Å². The van der Waals surface area contributed by atoms with Gasteiger partial charge in [-0.2, -0.15) is 0 Å². The van der Waals surface area contributed by atoms with E-state index < -0.39 is 11.2 Å². The first-order chi connectivity index (χ1) is 16.7. The van der Waals surface area contributed by atoms with Crippen LogP contribution in [0, 0.1) is 29.1 Å². The zero-order valence-electron chi connectivity index (χ0n) is 21.8. The maximum atomic E-state index is 13.5. The molecule has 0 aliphatic heterocycles. The Labute approximate surface area is 207 Å². The summed E-state index contributed by atoms with van der Waals surface area (Å²) in [5.74, 6) is 2.36. The third-order valence-electron chi connectivity index (χ3n) is 8.97. The Hall–Kier alpha value is -2.38. The van der Waals surface area contributed by atoms with Gasteiger partial charge in [0.05, 0.1) is 6.33 Å². The Morgan fingerprint density at radius 2 is 1.71 bits per heavy atom. The van der Waals surface area contributed by atoms with E-state index in [-0.39, 0.29) is 29.8 Å². The molecule has 0 saturated heterocycles. The van der Waals surface area contributed by atoms with Crippen molar-refractivity contribution in [2.24, 2.45) is 29.1 Å². The molecule has 1 amide bonds. The van der Waals surface area contributed by atoms with Gasteiger partial charge in [0.15, 0.2) is 11.2 Å². The molecule has 2 heterocycles. The number of nitrogens with one attached hydrogen (secondary N) is 1. The summed E-state index contributed by atoms with van der Waals surface area (Å²) in [5, 5.41) is 3.22. The van der Waals surface area contributed by atoms with Gasteiger partial charge >= 0.3 is 5.69 Å². The zero-order chi connectivity index (χ0) is 24.9. The molecule has 6 rings (SSSR count). The van der Waals surface area contributed by atoms with Gasteiger partial charge in [0.2, 0.25) is 5.91 Å². The maximum absolute atomic E-state index is 13.5. The number of aromatic nitrogens is 4. The summed E-state index contributed by atoms with van der Waals surface area (Å²) in [6.45, 7) is 9.16. The molecule has 4 aliphatic carbocycles. The van der Waals surface area contributed by atoms with Crippen molar-refractivity contribution in [3.05, 3.63) is 27.2 Å². The molecule has 2 aromatic heterocycles. The van der Waals surface area contributed by atoms with E-state index in [2.05, 4.69) is 24.1 Å². The van der Waals surface area contributed by atoms with Crippen molar-refractivity contribution in [3.8, 4) is 0 Å². The first-order valence-corrected chi connectivity index (χ1v) is 13.7. The highest BCUT2D eigenvalue weighted by molar-refractivity contribution is 5.77. The van der Waals surface area contributed by atoms with Gasteiger partial charge in [-0.15, -0.1) is 0 Å². The van der Waals surface area contributed by atoms with Gasteiger partial charge in [-0.05, 0) is 81.0 Å². The molecule has 192 valence electrons. The van der Waals surface area contributed by atoms with Crippen molar-refractivity contribution in [2.75, 3.05) is 0 Å². The van der Waals surface area contributed by atoms with Crippen LogP contribution in [0.4, 0.5) is 0 Å². The fourth-order valence-corrected chi connectivity index (χ4v) is 7.70. The van der Waals surface area contributed by atoms with Gasteiger partial charge in [-0.25, -0.2) is 14.3 Å². The molecule has 4 aliphatic rings. The standard InChI is InChI=1S/C27H41N5O3/c1-5-6-7-30-16-28-24-23(30)25(34)32(26(35)31(24)14-17(2)3)15-22(33)29-18(4)27-11-19-8-20(12-27)10-21(9-19)13-27/h16-21H,5-15H2,1-4H3,(H,29,33)/t18-,19?,20?,21?,27?/m1/s1. The maximum Gasteiger partial charge on any atom is 0.333 e. The van der Waals surface area contributed by atoms with Crippen molar-refractivity contribution >= 4 is 17.1 Å². The lowest BCUT2D eigenvalue weighted by molar-refractivity contribution is -0.126. The first-order valence-electron chi connectivity index (χ1n) is 13.7. The molecule has 35 heavy (non-hydrogen) atoms. The smallest absolute Gasteiger partial charge is 0.333 e. The number of unbranched alkanes of at least 4 members (excludes halogenated alkanes) is 1. The molecule has 1 N–H and O–H groups in total.